The SMILES string of the molecule is FC1CCC2CNc3ccccc3C12. The summed E-state index contributed by atoms with van der Waals surface area (Å²) in [5.41, 5.74) is 2.33. The van der Waals surface area contributed by atoms with E-state index in [4.69, 9.17) is 0 Å². The van der Waals surface area contributed by atoms with Crippen LogP contribution in [0, 0.1) is 5.92 Å². The maximum atomic E-state index is 13.7. The van der Waals surface area contributed by atoms with Gasteiger partial charge in [-0.15, -0.1) is 0 Å². The number of anilines is 1. The number of nitrogens with one attached hydrogen (secondary N) is 1. The number of halogens is 1. The molecule has 1 N–H and O–H groups in total. The molecule has 74 valence electrons. The quantitative estimate of drug-likeness (QED) is 0.664. The molecule has 3 unspecified atom stereocenters. The van der Waals surface area contributed by atoms with Gasteiger partial charge in [0.05, 0.1) is 0 Å². The first kappa shape index (κ1) is 8.27. The second kappa shape index (κ2) is 2.97. The summed E-state index contributed by atoms with van der Waals surface area (Å²) in [6.07, 6.45) is 1.15. The average molecular weight is 191 g/mol. The van der Waals surface area contributed by atoms with E-state index in [9.17, 15) is 4.39 Å². The maximum Gasteiger partial charge on any atom is 0.107 e. The van der Waals surface area contributed by atoms with Gasteiger partial charge in [0.25, 0.3) is 0 Å². The molecule has 2 heteroatoms. The molecule has 1 saturated carbocycles. The van der Waals surface area contributed by atoms with Crippen LogP contribution in [0.15, 0.2) is 24.3 Å². The minimum absolute atomic E-state index is 0.160. The van der Waals surface area contributed by atoms with Crippen molar-refractivity contribution >= 4 is 5.69 Å². The summed E-state index contributed by atoms with van der Waals surface area (Å²) >= 11 is 0. The van der Waals surface area contributed by atoms with Gasteiger partial charge in [-0.1, -0.05) is 18.2 Å². The number of para-hydroxylation sites is 1. The van der Waals surface area contributed by atoms with Gasteiger partial charge in [-0.05, 0) is 30.4 Å². The lowest BCUT2D eigenvalue weighted by Crippen LogP contribution is -2.27. The minimum Gasteiger partial charge on any atom is -0.385 e. The molecule has 2 aliphatic rings. The molecule has 1 aromatic carbocycles. The van der Waals surface area contributed by atoms with Gasteiger partial charge in [0.2, 0.25) is 0 Å². The van der Waals surface area contributed by atoms with Crippen LogP contribution in [-0.2, 0) is 0 Å². The molecular weight excluding hydrogens is 177 g/mol. The fraction of sp³-hybridized carbons (Fsp3) is 0.500. The van der Waals surface area contributed by atoms with Crippen molar-refractivity contribution in [2.75, 3.05) is 11.9 Å². The van der Waals surface area contributed by atoms with Crippen molar-refractivity contribution in [1.82, 2.24) is 0 Å². The average Bonchev–Trinajstić information content (AvgIpc) is 2.61. The Labute approximate surface area is 83.3 Å². The number of rotatable bonds is 0. The molecule has 0 amide bonds. The third-order valence-electron chi connectivity index (χ3n) is 3.59. The Kier molecular flexibility index (Phi) is 1.76. The summed E-state index contributed by atoms with van der Waals surface area (Å²) in [7, 11) is 0. The third-order valence-corrected chi connectivity index (χ3v) is 3.59. The van der Waals surface area contributed by atoms with Gasteiger partial charge in [0, 0.05) is 18.2 Å². The highest BCUT2D eigenvalue weighted by atomic mass is 19.1. The van der Waals surface area contributed by atoms with Gasteiger partial charge in [0.15, 0.2) is 0 Å². The van der Waals surface area contributed by atoms with E-state index in [1.54, 1.807) is 0 Å². The van der Waals surface area contributed by atoms with Crippen molar-refractivity contribution in [3.05, 3.63) is 29.8 Å². The van der Waals surface area contributed by atoms with Crippen LogP contribution in [-0.4, -0.2) is 12.7 Å². The Balaban J connectivity index is 2.07. The van der Waals surface area contributed by atoms with Crippen molar-refractivity contribution in [1.29, 1.82) is 0 Å². The molecule has 1 heterocycles. The zero-order valence-corrected chi connectivity index (χ0v) is 8.04. The monoisotopic (exact) mass is 191 g/mol. The van der Waals surface area contributed by atoms with Crippen LogP contribution in [0.4, 0.5) is 10.1 Å². The highest BCUT2D eigenvalue weighted by Crippen LogP contribution is 2.46. The maximum absolute atomic E-state index is 13.7. The molecule has 3 rings (SSSR count). The Morgan fingerprint density at radius 2 is 2.07 bits per heavy atom. The molecule has 3 atom stereocenters. The van der Waals surface area contributed by atoms with Crippen LogP contribution < -0.4 is 5.32 Å². The van der Waals surface area contributed by atoms with Crippen molar-refractivity contribution in [3.63, 3.8) is 0 Å². The lowest BCUT2D eigenvalue weighted by Gasteiger charge is -2.30. The lowest BCUT2D eigenvalue weighted by molar-refractivity contribution is 0.291. The van der Waals surface area contributed by atoms with Gasteiger partial charge in [-0.2, -0.15) is 0 Å². The van der Waals surface area contributed by atoms with Crippen LogP contribution in [0.1, 0.15) is 24.3 Å². The fourth-order valence-electron chi connectivity index (χ4n) is 2.90. The molecule has 1 aliphatic carbocycles. The predicted octanol–water partition coefficient (Wildman–Crippen LogP) is 2.94. The second-order valence-corrected chi connectivity index (χ2v) is 4.35. The van der Waals surface area contributed by atoms with E-state index in [1.807, 2.05) is 12.1 Å². The van der Waals surface area contributed by atoms with E-state index in [2.05, 4.69) is 17.4 Å². The normalized spacial score (nSPS) is 34.5. The fourth-order valence-corrected chi connectivity index (χ4v) is 2.90. The van der Waals surface area contributed by atoms with E-state index < -0.39 is 6.17 Å². The molecule has 1 fully saturated rings. The minimum atomic E-state index is -0.622. The van der Waals surface area contributed by atoms with Crippen LogP contribution in [0.25, 0.3) is 0 Å². The molecule has 1 aromatic rings. The summed E-state index contributed by atoms with van der Waals surface area (Å²) in [5, 5.41) is 3.39. The third kappa shape index (κ3) is 1.06. The van der Waals surface area contributed by atoms with E-state index in [1.165, 1.54) is 5.56 Å². The van der Waals surface area contributed by atoms with E-state index in [0.717, 1.165) is 25.1 Å². The van der Waals surface area contributed by atoms with E-state index in [0.29, 0.717) is 5.92 Å². The first-order valence-electron chi connectivity index (χ1n) is 5.33. The number of hydrogen-bond acceptors (Lipinski definition) is 1. The second-order valence-electron chi connectivity index (χ2n) is 4.35. The van der Waals surface area contributed by atoms with E-state index in [-0.39, 0.29) is 5.92 Å². The predicted molar refractivity (Wildman–Crippen MR) is 55.3 cm³/mol. The summed E-state index contributed by atoms with van der Waals surface area (Å²) in [6, 6.07) is 8.13. The van der Waals surface area contributed by atoms with Crippen LogP contribution >= 0.6 is 0 Å². The molecule has 0 spiro atoms. The molecule has 0 bridgehead atoms. The molecule has 0 aromatic heterocycles. The van der Waals surface area contributed by atoms with Crippen LogP contribution in [0.2, 0.25) is 0 Å². The molecule has 0 radical (unpaired) electrons. The van der Waals surface area contributed by atoms with Gasteiger partial charge in [0.1, 0.15) is 6.17 Å². The molecule has 0 saturated heterocycles. The largest absolute Gasteiger partial charge is 0.385 e. The van der Waals surface area contributed by atoms with Gasteiger partial charge >= 0.3 is 0 Å². The van der Waals surface area contributed by atoms with Gasteiger partial charge < -0.3 is 5.32 Å². The number of benzene rings is 1. The number of fused-ring (bicyclic) bond motifs is 3. The summed E-state index contributed by atoms with van der Waals surface area (Å²) in [6.45, 7) is 0.947. The van der Waals surface area contributed by atoms with Crippen molar-refractivity contribution in [3.8, 4) is 0 Å². The number of hydrogen-bond donors (Lipinski definition) is 1. The Hall–Kier alpha value is -1.05. The smallest absolute Gasteiger partial charge is 0.107 e. The Morgan fingerprint density at radius 3 is 3.00 bits per heavy atom. The van der Waals surface area contributed by atoms with Gasteiger partial charge in [-0.3, -0.25) is 0 Å². The first-order chi connectivity index (χ1) is 6.86. The van der Waals surface area contributed by atoms with Crippen molar-refractivity contribution < 1.29 is 4.39 Å². The topological polar surface area (TPSA) is 12.0 Å². The summed E-state index contributed by atoms with van der Waals surface area (Å²) in [5.74, 6) is 0.673. The van der Waals surface area contributed by atoms with Crippen LogP contribution in [0.3, 0.4) is 0 Å². The molecule has 1 aliphatic heterocycles. The zero-order chi connectivity index (χ0) is 9.54. The standard InChI is InChI=1S/C12H14FN/c13-10-6-5-8-7-14-11-4-2-1-3-9(11)12(8)10/h1-4,8,10,12,14H,5-7H2. The zero-order valence-electron chi connectivity index (χ0n) is 8.04. The molecular formula is C12H14FN. The number of alkyl halides is 1. The summed E-state index contributed by atoms with van der Waals surface area (Å²) < 4.78 is 13.7. The molecule has 14 heavy (non-hydrogen) atoms. The lowest BCUT2D eigenvalue weighted by atomic mass is 9.84. The van der Waals surface area contributed by atoms with Crippen LogP contribution in [0.5, 0.6) is 0 Å². The van der Waals surface area contributed by atoms with Crippen molar-refractivity contribution in [2.45, 2.75) is 24.9 Å². The highest BCUT2D eigenvalue weighted by molar-refractivity contribution is 5.56. The van der Waals surface area contributed by atoms with Gasteiger partial charge in [-0.25, -0.2) is 4.39 Å². The van der Waals surface area contributed by atoms with E-state index >= 15 is 0 Å². The summed E-state index contributed by atoms with van der Waals surface area (Å²) in [4.78, 5) is 0. The van der Waals surface area contributed by atoms with Crippen molar-refractivity contribution in [2.24, 2.45) is 5.92 Å². The Bertz CT molecular complexity index is 350. The highest BCUT2D eigenvalue weighted by Gasteiger charge is 2.40. The Morgan fingerprint density at radius 1 is 1.21 bits per heavy atom. The first-order valence-corrected chi connectivity index (χ1v) is 5.33. The molecule has 1 nitrogen and oxygen atoms in total.